The van der Waals surface area contributed by atoms with Gasteiger partial charge in [-0.1, -0.05) is 0 Å². The van der Waals surface area contributed by atoms with Gasteiger partial charge in [-0.2, -0.15) is 5.10 Å². The number of hydrazone groups is 1. The quantitative estimate of drug-likeness (QED) is 0.335. The molecule has 0 saturated carbocycles. The molecule has 0 aromatic carbocycles. The number of nitrogens with zero attached hydrogens (tertiary/aromatic N) is 1. The first-order valence-corrected chi connectivity index (χ1v) is 3.68. The summed E-state index contributed by atoms with van der Waals surface area (Å²) in [6.45, 7) is 1.32. The highest BCUT2D eigenvalue weighted by molar-refractivity contribution is 5.78. The Morgan fingerprint density at radius 3 is 2.77 bits per heavy atom. The fraction of sp³-hybridized carbons (Fsp3) is 0.571. The average molecular weight is 187 g/mol. The van der Waals surface area contributed by atoms with Crippen LogP contribution in [-0.2, 0) is 14.3 Å². The summed E-state index contributed by atoms with van der Waals surface area (Å²) >= 11 is 0. The number of hydrogen-bond donors (Lipinski definition) is 2. The number of amides is 1. The molecule has 1 amide bonds. The maximum atomic E-state index is 10.7. The molecule has 13 heavy (non-hydrogen) atoms. The van der Waals surface area contributed by atoms with Crippen LogP contribution in [0.5, 0.6) is 0 Å². The summed E-state index contributed by atoms with van der Waals surface area (Å²) in [6.07, 6.45) is 1.32. The van der Waals surface area contributed by atoms with Crippen molar-refractivity contribution in [3.63, 3.8) is 0 Å². The Morgan fingerprint density at radius 1 is 1.69 bits per heavy atom. The number of methoxy groups -OCH3 is 1. The van der Waals surface area contributed by atoms with Crippen LogP contribution in [0.25, 0.3) is 0 Å². The summed E-state index contributed by atoms with van der Waals surface area (Å²) in [7, 11) is 1.28. The van der Waals surface area contributed by atoms with Crippen molar-refractivity contribution in [2.45, 2.75) is 19.4 Å². The molecule has 1 atom stereocenters. The van der Waals surface area contributed by atoms with Crippen LogP contribution in [0.3, 0.4) is 0 Å². The first-order chi connectivity index (χ1) is 6.06. The van der Waals surface area contributed by atoms with Gasteiger partial charge in [0, 0.05) is 13.1 Å². The molecule has 0 aliphatic rings. The lowest BCUT2D eigenvalue weighted by atomic mass is 10.2. The fourth-order valence-corrected chi connectivity index (χ4v) is 0.552. The zero-order chi connectivity index (χ0) is 10.3. The van der Waals surface area contributed by atoms with Gasteiger partial charge in [-0.15, -0.1) is 0 Å². The highest BCUT2D eigenvalue weighted by Gasteiger charge is 2.06. The van der Waals surface area contributed by atoms with E-state index in [4.69, 9.17) is 5.73 Å². The molecule has 74 valence electrons. The van der Waals surface area contributed by atoms with Crippen molar-refractivity contribution >= 4 is 18.1 Å². The SMILES string of the molecule is COC(=O)CC(N)/C=N/NC(C)=O. The van der Waals surface area contributed by atoms with Crippen LogP contribution in [0.1, 0.15) is 13.3 Å². The summed E-state index contributed by atoms with van der Waals surface area (Å²) in [5.74, 6) is -0.705. The lowest BCUT2D eigenvalue weighted by Crippen LogP contribution is -2.27. The largest absolute Gasteiger partial charge is 0.469 e. The average Bonchev–Trinajstić information content (AvgIpc) is 2.03. The van der Waals surface area contributed by atoms with E-state index in [1.807, 2.05) is 0 Å². The Bertz CT molecular complexity index is 215. The van der Waals surface area contributed by atoms with Crippen LogP contribution >= 0.6 is 0 Å². The van der Waals surface area contributed by atoms with E-state index in [9.17, 15) is 9.59 Å². The third kappa shape index (κ3) is 6.95. The molecule has 1 unspecified atom stereocenters. The Kier molecular flexibility index (Phi) is 5.45. The molecule has 0 radical (unpaired) electrons. The lowest BCUT2D eigenvalue weighted by molar-refractivity contribution is -0.140. The second-order valence-corrected chi connectivity index (χ2v) is 2.39. The number of carbonyl (C=O) groups is 2. The number of ether oxygens (including phenoxy) is 1. The molecule has 0 aromatic heterocycles. The number of rotatable bonds is 4. The van der Waals surface area contributed by atoms with Crippen molar-refractivity contribution < 1.29 is 14.3 Å². The monoisotopic (exact) mass is 187 g/mol. The molecular weight excluding hydrogens is 174 g/mol. The van der Waals surface area contributed by atoms with E-state index in [2.05, 4.69) is 15.3 Å². The van der Waals surface area contributed by atoms with E-state index in [1.54, 1.807) is 0 Å². The Labute approximate surface area is 76.1 Å². The second-order valence-electron chi connectivity index (χ2n) is 2.39. The van der Waals surface area contributed by atoms with Gasteiger partial charge in [-0.3, -0.25) is 9.59 Å². The minimum atomic E-state index is -0.542. The summed E-state index contributed by atoms with van der Waals surface area (Å²) in [5.41, 5.74) is 7.60. The third-order valence-electron chi connectivity index (χ3n) is 1.12. The van der Waals surface area contributed by atoms with E-state index >= 15 is 0 Å². The third-order valence-corrected chi connectivity index (χ3v) is 1.12. The van der Waals surface area contributed by atoms with E-state index < -0.39 is 12.0 Å². The summed E-state index contributed by atoms with van der Waals surface area (Å²) < 4.78 is 4.38. The highest BCUT2D eigenvalue weighted by atomic mass is 16.5. The first-order valence-electron chi connectivity index (χ1n) is 3.68. The van der Waals surface area contributed by atoms with Crippen molar-refractivity contribution in [2.24, 2.45) is 10.8 Å². The minimum absolute atomic E-state index is 0.0413. The van der Waals surface area contributed by atoms with Gasteiger partial charge < -0.3 is 10.5 Å². The molecule has 6 nitrogen and oxygen atoms in total. The molecule has 0 aliphatic heterocycles. The summed E-state index contributed by atoms with van der Waals surface area (Å²) in [4.78, 5) is 21.0. The highest BCUT2D eigenvalue weighted by Crippen LogP contribution is 1.87. The van der Waals surface area contributed by atoms with Crippen LogP contribution in [0, 0.1) is 0 Å². The smallest absolute Gasteiger partial charge is 0.307 e. The predicted octanol–water partition coefficient (Wildman–Crippen LogP) is -1.00. The zero-order valence-corrected chi connectivity index (χ0v) is 7.61. The van der Waals surface area contributed by atoms with Gasteiger partial charge >= 0.3 is 5.97 Å². The van der Waals surface area contributed by atoms with Gasteiger partial charge in [-0.05, 0) is 0 Å². The van der Waals surface area contributed by atoms with Crippen molar-refractivity contribution in [1.29, 1.82) is 0 Å². The number of hydrogen-bond acceptors (Lipinski definition) is 5. The molecule has 0 saturated heterocycles. The van der Waals surface area contributed by atoms with E-state index in [0.29, 0.717) is 0 Å². The summed E-state index contributed by atoms with van der Waals surface area (Å²) in [5, 5.41) is 3.50. The first kappa shape index (κ1) is 11.6. The van der Waals surface area contributed by atoms with Crippen molar-refractivity contribution in [3.8, 4) is 0 Å². The number of esters is 1. The van der Waals surface area contributed by atoms with Gasteiger partial charge in [0.05, 0.1) is 19.6 Å². The van der Waals surface area contributed by atoms with E-state index in [1.165, 1.54) is 20.2 Å². The lowest BCUT2D eigenvalue weighted by Gasteiger charge is -2.02. The Hall–Kier alpha value is -1.43. The van der Waals surface area contributed by atoms with Gasteiger partial charge in [0.2, 0.25) is 5.91 Å². The van der Waals surface area contributed by atoms with Crippen LogP contribution in [0.15, 0.2) is 5.10 Å². The normalized spacial score (nSPS) is 12.5. The summed E-state index contributed by atoms with van der Waals surface area (Å²) in [6, 6.07) is -0.542. The molecule has 0 aliphatic carbocycles. The molecule has 0 fully saturated rings. The number of nitrogens with one attached hydrogen (secondary N) is 1. The van der Waals surface area contributed by atoms with Gasteiger partial charge in [0.1, 0.15) is 0 Å². The Balaban J connectivity index is 3.73. The topological polar surface area (TPSA) is 93.8 Å². The second kappa shape index (κ2) is 6.13. The van der Waals surface area contributed by atoms with Gasteiger partial charge in [-0.25, -0.2) is 5.43 Å². The molecular formula is C7H13N3O3. The van der Waals surface area contributed by atoms with E-state index in [0.717, 1.165) is 0 Å². The Morgan fingerprint density at radius 2 is 2.31 bits per heavy atom. The maximum Gasteiger partial charge on any atom is 0.307 e. The van der Waals surface area contributed by atoms with Crippen LogP contribution in [0.2, 0.25) is 0 Å². The molecule has 0 spiro atoms. The molecule has 3 N–H and O–H groups in total. The molecule has 0 heterocycles. The van der Waals surface area contributed by atoms with Crippen molar-refractivity contribution in [1.82, 2.24) is 5.43 Å². The fourth-order valence-electron chi connectivity index (χ4n) is 0.552. The van der Waals surface area contributed by atoms with Crippen LogP contribution in [0.4, 0.5) is 0 Å². The standard InChI is InChI=1S/C7H13N3O3/c1-5(11)10-9-4-6(8)3-7(12)13-2/h4,6H,3,8H2,1-2H3,(H,10,11)/b9-4+. The molecule has 6 heteroatoms. The molecule has 0 rings (SSSR count). The van der Waals surface area contributed by atoms with Crippen molar-refractivity contribution in [2.75, 3.05) is 7.11 Å². The van der Waals surface area contributed by atoms with E-state index in [-0.39, 0.29) is 12.3 Å². The minimum Gasteiger partial charge on any atom is -0.469 e. The van der Waals surface area contributed by atoms with Gasteiger partial charge in [0.25, 0.3) is 0 Å². The van der Waals surface area contributed by atoms with Gasteiger partial charge in [0.15, 0.2) is 0 Å². The number of nitrogens with two attached hydrogens (primary N) is 1. The number of carbonyl (C=O) groups excluding carboxylic acids is 2. The van der Waals surface area contributed by atoms with Crippen LogP contribution < -0.4 is 11.2 Å². The maximum absolute atomic E-state index is 10.7. The zero-order valence-electron chi connectivity index (χ0n) is 7.61. The van der Waals surface area contributed by atoms with Crippen LogP contribution in [-0.4, -0.2) is 31.2 Å². The molecule has 0 aromatic rings. The predicted molar refractivity (Wildman–Crippen MR) is 46.9 cm³/mol. The molecule has 0 bridgehead atoms. The van der Waals surface area contributed by atoms with Crippen molar-refractivity contribution in [3.05, 3.63) is 0 Å².